The van der Waals surface area contributed by atoms with Gasteiger partial charge in [-0.25, -0.2) is 14.5 Å². The fourth-order valence-electron chi connectivity index (χ4n) is 2.21. The molecular weight excluding hydrogens is 276 g/mol. The third kappa shape index (κ3) is 2.42. The fourth-order valence-corrected chi connectivity index (χ4v) is 2.21. The zero-order valence-corrected chi connectivity index (χ0v) is 11.0. The van der Waals surface area contributed by atoms with Gasteiger partial charge in [0.25, 0.3) is 0 Å². The maximum Gasteiger partial charge on any atom is 0.339 e. The highest BCUT2D eigenvalue weighted by Gasteiger charge is 2.27. The lowest BCUT2D eigenvalue weighted by molar-refractivity contribution is -0.119. The van der Waals surface area contributed by atoms with Crippen molar-refractivity contribution in [3.05, 3.63) is 36.4 Å². The lowest BCUT2D eigenvalue weighted by Crippen LogP contribution is -2.40. The number of anilines is 1. The van der Waals surface area contributed by atoms with E-state index in [1.54, 1.807) is 12.1 Å². The Hall–Kier alpha value is -2.90. The summed E-state index contributed by atoms with van der Waals surface area (Å²) in [5.74, 6) is -1.06. The van der Waals surface area contributed by atoms with Gasteiger partial charge < -0.3 is 14.7 Å². The minimum atomic E-state index is -1.09. The molecule has 1 amide bonds. The molecule has 0 aliphatic carbocycles. The number of benzene rings is 1. The van der Waals surface area contributed by atoms with Crippen LogP contribution in [0, 0.1) is 0 Å². The molecule has 8 nitrogen and oxygen atoms in total. The number of nitrogens with zero attached hydrogens (tertiary/aromatic N) is 4. The van der Waals surface area contributed by atoms with Crippen molar-refractivity contribution in [2.24, 2.45) is 0 Å². The third-order valence-corrected chi connectivity index (χ3v) is 3.14. The predicted molar refractivity (Wildman–Crippen MR) is 71.3 cm³/mol. The predicted octanol–water partition coefficient (Wildman–Crippen LogP) is 0.402. The molecule has 0 saturated carbocycles. The molecule has 0 spiro atoms. The molecule has 1 aromatic heterocycles. The van der Waals surface area contributed by atoms with E-state index in [9.17, 15) is 9.59 Å². The van der Waals surface area contributed by atoms with Gasteiger partial charge in [-0.05, 0) is 12.1 Å². The van der Waals surface area contributed by atoms with Crippen LogP contribution in [-0.4, -0.2) is 44.9 Å². The van der Waals surface area contributed by atoms with Crippen LogP contribution in [0.25, 0.3) is 0 Å². The van der Waals surface area contributed by atoms with Crippen LogP contribution in [0.5, 0.6) is 5.75 Å². The molecule has 0 unspecified atom stereocenters. The second-order valence-corrected chi connectivity index (χ2v) is 4.45. The molecule has 3 rings (SSSR count). The lowest BCUT2D eigenvalue weighted by atomic mass is 10.1. The number of aromatic nitrogens is 3. The Morgan fingerprint density at radius 1 is 1.38 bits per heavy atom. The van der Waals surface area contributed by atoms with Crippen LogP contribution < -0.4 is 9.64 Å². The van der Waals surface area contributed by atoms with Crippen molar-refractivity contribution in [3.8, 4) is 5.75 Å². The normalized spacial score (nSPS) is 13.4. The number of para-hydroxylation sites is 1. The molecule has 0 saturated heterocycles. The topological polar surface area (TPSA) is 97.6 Å². The van der Waals surface area contributed by atoms with Crippen LogP contribution in [0.15, 0.2) is 30.9 Å². The number of carbonyl (C=O) groups excluding carboxylic acids is 1. The van der Waals surface area contributed by atoms with E-state index in [0.29, 0.717) is 12.2 Å². The third-order valence-electron chi connectivity index (χ3n) is 3.14. The summed E-state index contributed by atoms with van der Waals surface area (Å²) in [6.07, 6.45) is 2.80. The second kappa shape index (κ2) is 5.23. The maximum atomic E-state index is 12.3. The Morgan fingerprint density at radius 2 is 2.24 bits per heavy atom. The highest BCUT2D eigenvalue weighted by atomic mass is 16.5. The van der Waals surface area contributed by atoms with Crippen LogP contribution in [0.1, 0.15) is 10.4 Å². The van der Waals surface area contributed by atoms with Crippen molar-refractivity contribution in [1.29, 1.82) is 0 Å². The SMILES string of the molecule is O=C(O)c1cccc2c1OCCN2C(=O)Cn1cncn1. The molecular formula is C13H12N4O4. The van der Waals surface area contributed by atoms with Gasteiger partial charge in [0.05, 0.1) is 12.2 Å². The van der Waals surface area contributed by atoms with E-state index < -0.39 is 5.97 Å². The summed E-state index contributed by atoms with van der Waals surface area (Å²) in [5.41, 5.74) is 0.511. The number of aromatic carboxylic acids is 1. The van der Waals surface area contributed by atoms with Crippen molar-refractivity contribution in [2.75, 3.05) is 18.1 Å². The number of ether oxygens (including phenoxy) is 1. The van der Waals surface area contributed by atoms with Gasteiger partial charge in [-0.2, -0.15) is 5.10 Å². The van der Waals surface area contributed by atoms with E-state index in [2.05, 4.69) is 10.1 Å². The summed E-state index contributed by atoms with van der Waals surface area (Å²) in [5, 5.41) is 13.1. The second-order valence-electron chi connectivity index (χ2n) is 4.45. The first kappa shape index (κ1) is 13.1. The molecule has 1 N–H and O–H groups in total. The molecule has 8 heteroatoms. The molecule has 0 radical (unpaired) electrons. The first-order valence-electron chi connectivity index (χ1n) is 6.28. The summed E-state index contributed by atoms with van der Waals surface area (Å²) in [6, 6.07) is 4.71. The van der Waals surface area contributed by atoms with Crippen LogP contribution in [0.3, 0.4) is 0 Å². The van der Waals surface area contributed by atoms with E-state index in [4.69, 9.17) is 9.84 Å². The largest absolute Gasteiger partial charge is 0.489 e. The Kier molecular flexibility index (Phi) is 3.27. The number of carboxylic acid groups (broad SMARTS) is 1. The quantitative estimate of drug-likeness (QED) is 0.878. The Labute approximate surface area is 119 Å². The van der Waals surface area contributed by atoms with Gasteiger partial charge >= 0.3 is 5.97 Å². The summed E-state index contributed by atoms with van der Waals surface area (Å²) < 4.78 is 6.84. The smallest absolute Gasteiger partial charge is 0.339 e. The van der Waals surface area contributed by atoms with E-state index in [0.717, 1.165) is 0 Å². The first-order valence-corrected chi connectivity index (χ1v) is 6.28. The molecule has 2 aromatic rings. The van der Waals surface area contributed by atoms with E-state index >= 15 is 0 Å². The number of hydrogen-bond donors (Lipinski definition) is 1. The number of carboxylic acids is 1. The highest BCUT2D eigenvalue weighted by Crippen LogP contribution is 2.35. The van der Waals surface area contributed by atoms with Gasteiger partial charge in [0.1, 0.15) is 31.4 Å². The van der Waals surface area contributed by atoms with Crippen molar-refractivity contribution < 1.29 is 19.4 Å². The van der Waals surface area contributed by atoms with Crippen molar-refractivity contribution >= 4 is 17.6 Å². The number of rotatable bonds is 3. The number of hydrogen-bond acceptors (Lipinski definition) is 5. The van der Waals surface area contributed by atoms with Crippen molar-refractivity contribution in [3.63, 3.8) is 0 Å². The number of carbonyl (C=O) groups is 2. The molecule has 1 aliphatic heterocycles. The zero-order chi connectivity index (χ0) is 14.8. The van der Waals surface area contributed by atoms with Gasteiger partial charge in [0.15, 0.2) is 5.75 Å². The monoisotopic (exact) mass is 288 g/mol. The molecule has 0 atom stereocenters. The lowest BCUT2D eigenvalue weighted by Gasteiger charge is -2.30. The zero-order valence-electron chi connectivity index (χ0n) is 11.0. The minimum absolute atomic E-state index is 0.0384. The molecule has 1 aromatic carbocycles. The standard InChI is InChI=1S/C13H12N4O4/c18-11(6-16-8-14-7-15-16)17-4-5-21-12-9(13(19)20)2-1-3-10(12)17/h1-3,7-8H,4-6H2,(H,19,20). The van der Waals surface area contributed by atoms with Crippen LogP contribution in [0.2, 0.25) is 0 Å². The number of fused-ring (bicyclic) bond motifs is 1. The van der Waals surface area contributed by atoms with Crippen LogP contribution in [0.4, 0.5) is 5.69 Å². The Bertz CT molecular complexity index is 683. The first-order chi connectivity index (χ1) is 10.2. The summed E-state index contributed by atoms with van der Waals surface area (Å²) >= 11 is 0. The molecule has 1 aliphatic rings. The fraction of sp³-hybridized carbons (Fsp3) is 0.231. The highest BCUT2D eigenvalue weighted by molar-refractivity contribution is 5.99. The maximum absolute atomic E-state index is 12.3. The van der Waals surface area contributed by atoms with Crippen molar-refractivity contribution in [1.82, 2.24) is 14.8 Å². The average molecular weight is 288 g/mol. The van der Waals surface area contributed by atoms with E-state index in [1.807, 2.05) is 0 Å². The minimum Gasteiger partial charge on any atom is -0.489 e. The molecule has 0 bridgehead atoms. The van der Waals surface area contributed by atoms with Gasteiger partial charge in [0.2, 0.25) is 5.91 Å². The van der Waals surface area contributed by atoms with Crippen LogP contribution >= 0.6 is 0 Å². The molecule has 2 heterocycles. The summed E-state index contributed by atoms with van der Waals surface area (Å²) in [7, 11) is 0. The van der Waals surface area contributed by atoms with Gasteiger partial charge in [-0.15, -0.1) is 0 Å². The Morgan fingerprint density at radius 3 is 2.95 bits per heavy atom. The van der Waals surface area contributed by atoms with E-state index in [-0.39, 0.29) is 30.4 Å². The molecule has 0 fully saturated rings. The van der Waals surface area contributed by atoms with Crippen molar-refractivity contribution in [2.45, 2.75) is 6.54 Å². The van der Waals surface area contributed by atoms with E-state index in [1.165, 1.54) is 28.3 Å². The summed E-state index contributed by atoms with van der Waals surface area (Å²) in [4.78, 5) is 28.8. The van der Waals surface area contributed by atoms with Gasteiger partial charge in [0, 0.05) is 0 Å². The summed E-state index contributed by atoms with van der Waals surface area (Å²) in [6.45, 7) is 0.654. The average Bonchev–Trinajstić information content (AvgIpc) is 2.98. The molecule has 21 heavy (non-hydrogen) atoms. The van der Waals surface area contributed by atoms with Gasteiger partial charge in [-0.3, -0.25) is 4.79 Å². The Balaban J connectivity index is 1.92. The number of amides is 1. The van der Waals surface area contributed by atoms with Crippen LogP contribution in [-0.2, 0) is 11.3 Å². The molecule has 108 valence electrons. The van der Waals surface area contributed by atoms with Gasteiger partial charge in [-0.1, -0.05) is 6.07 Å².